The van der Waals surface area contributed by atoms with Gasteiger partial charge in [0.15, 0.2) is 5.78 Å². The molecule has 0 bridgehead atoms. The number of aryl methyl sites for hydroxylation is 2. The number of unbranched alkanes of at least 4 members (excludes halogenated alkanes) is 2. The van der Waals surface area contributed by atoms with E-state index in [1.54, 1.807) is 19.9 Å². The standard InChI is InChI=1S/C36H41N3O5/c1-7-9-12-20-38(6)36(4,5)35(42)44-37-28-19-21-43-34-26(33(28)41)16-18-30-31(34)27-22-24(15-17-29(27)39(30)8-2)32(40)25-14-11-10-13-23(25)3/h10-11,13-18,22H,7-9,12,19-21H2,1-6H3/b37-28+. The topological polar surface area (TPSA) is 90.2 Å². The van der Waals surface area contributed by atoms with Crippen LogP contribution in [-0.2, 0) is 16.2 Å². The van der Waals surface area contributed by atoms with Gasteiger partial charge in [-0.3, -0.25) is 14.5 Å². The number of fused-ring (bicyclic) bond motifs is 5. The van der Waals surface area contributed by atoms with E-state index in [0.29, 0.717) is 29.0 Å². The van der Waals surface area contributed by atoms with E-state index in [2.05, 4.69) is 23.6 Å². The summed E-state index contributed by atoms with van der Waals surface area (Å²) in [5.74, 6) is -0.463. The lowest BCUT2D eigenvalue weighted by Crippen LogP contribution is -2.48. The Morgan fingerprint density at radius 1 is 1.05 bits per heavy atom. The van der Waals surface area contributed by atoms with Crippen LogP contribution < -0.4 is 4.74 Å². The molecular formula is C36H41N3O5. The van der Waals surface area contributed by atoms with Crippen molar-refractivity contribution in [2.24, 2.45) is 5.16 Å². The number of ether oxygens (including phenoxy) is 1. The molecule has 2 heterocycles. The lowest BCUT2D eigenvalue weighted by molar-refractivity contribution is -0.155. The second-order valence-corrected chi connectivity index (χ2v) is 12.0. The molecule has 5 rings (SSSR count). The third-order valence-corrected chi connectivity index (χ3v) is 8.83. The van der Waals surface area contributed by atoms with E-state index in [0.717, 1.165) is 53.2 Å². The number of benzene rings is 3. The van der Waals surface area contributed by atoms with Crippen molar-refractivity contribution in [2.45, 2.75) is 72.4 Å². The maximum absolute atomic E-state index is 13.8. The third kappa shape index (κ3) is 5.66. The van der Waals surface area contributed by atoms with Crippen molar-refractivity contribution >= 4 is 45.1 Å². The van der Waals surface area contributed by atoms with Gasteiger partial charge in [0, 0.05) is 35.0 Å². The van der Waals surface area contributed by atoms with Gasteiger partial charge >= 0.3 is 5.97 Å². The van der Waals surface area contributed by atoms with Crippen molar-refractivity contribution < 1.29 is 24.0 Å². The van der Waals surface area contributed by atoms with Crippen LogP contribution in [-0.4, -0.2) is 58.5 Å². The highest BCUT2D eigenvalue weighted by atomic mass is 16.7. The maximum atomic E-state index is 13.8. The number of ketones is 2. The minimum absolute atomic E-state index is 0.0587. The van der Waals surface area contributed by atoms with Crippen LogP contribution in [0.1, 0.15) is 85.2 Å². The first-order valence-electron chi connectivity index (χ1n) is 15.5. The third-order valence-electron chi connectivity index (χ3n) is 8.83. The second-order valence-electron chi connectivity index (χ2n) is 12.0. The van der Waals surface area contributed by atoms with Crippen LogP contribution in [0.5, 0.6) is 5.75 Å². The Morgan fingerprint density at radius 3 is 2.52 bits per heavy atom. The van der Waals surface area contributed by atoms with Gasteiger partial charge < -0.3 is 14.1 Å². The number of Topliss-reactive ketones (excluding diaryl/α,β-unsaturated/α-hetero) is 1. The Labute approximate surface area is 258 Å². The monoisotopic (exact) mass is 595 g/mol. The van der Waals surface area contributed by atoms with Crippen molar-refractivity contribution in [3.05, 3.63) is 76.9 Å². The van der Waals surface area contributed by atoms with E-state index in [1.165, 1.54) is 0 Å². The zero-order valence-electron chi connectivity index (χ0n) is 26.5. The highest BCUT2D eigenvalue weighted by Crippen LogP contribution is 2.40. The van der Waals surface area contributed by atoms with Gasteiger partial charge in [0.2, 0.25) is 5.78 Å². The Balaban J connectivity index is 1.51. The van der Waals surface area contributed by atoms with Gasteiger partial charge in [0.1, 0.15) is 17.0 Å². The van der Waals surface area contributed by atoms with Crippen molar-refractivity contribution in [2.75, 3.05) is 20.2 Å². The van der Waals surface area contributed by atoms with Crippen molar-refractivity contribution in [1.29, 1.82) is 0 Å². The molecule has 3 aromatic carbocycles. The molecule has 0 fully saturated rings. The van der Waals surface area contributed by atoms with Gasteiger partial charge in [-0.25, -0.2) is 4.79 Å². The van der Waals surface area contributed by atoms with Crippen molar-refractivity contribution in [3.63, 3.8) is 0 Å². The predicted molar refractivity (Wildman–Crippen MR) is 174 cm³/mol. The Kier molecular flexibility index (Phi) is 9.02. The molecule has 8 heteroatoms. The normalized spacial score (nSPS) is 14.6. The molecule has 44 heavy (non-hydrogen) atoms. The van der Waals surface area contributed by atoms with E-state index >= 15 is 0 Å². The summed E-state index contributed by atoms with van der Waals surface area (Å²) in [6, 6.07) is 16.9. The number of carbonyl (C=O) groups is 3. The number of rotatable bonds is 10. The van der Waals surface area contributed by atoms with Gasteiger partial charge in [-0.1, -0.05) is 49.2 Å². The lowest BCUT2D eigenvalue weighted by Gasteiger charge is -2.32. The fraction of sp³-hybridized carbons (Fsp3) is 0.389. The molecule has 0 saturated carbocycles. The summed E-state index contributed by atoms with van der Waals surface area (Å²) in [6.07, 6.45) is 3.35. The number of likely N-dealkylation sites (N-methyl/N-ethyl adjacent to an activating group) is 1. The van der Waals surface area contributed by atoms with Crippen LogP contribution >= 0.6 is 0 Å². The molecular weight excluding hydrogens is 554 g/mol. The molecule has 1 aliphatic rings. The fourth-order valence-corrected chi connectivity index (χ4v) is 5.80. The number of hydrogen-bond acceptors (Lipinski definition) is 7. The first-order valence-corrected chi connectivity index (χ1v) is 15.5. The highest BCUT2D eigenvalue weighted by Gasteiger charge is 2.35. The molecule has 230 valence electrons. The summed E-state index contributed by atoms with van der Waals surface area (Å²) < 4.78 is 8.41. The summed E-state index contributed by atoms with van der Waals surface area (Å²) in [6.45, 7) is 11.4. The van der Waals surface area contributed by atoms with Crippen LogP contribution in [0.4, 0.5) is 0 Å². The smallest absolute Gasteiger partial charge is 0.354 e. The first kappa shape index (κ1) is 31.1. The van der Waals surface area contributed by atoms with Gasteiger partial charge in [-0.05, 0) is 83.6 Å². The summed E-state index contributed by atoms with van der Waals surface area (Å²) in [5, 5.41) is 5.69. The molecule has 0 radical (unpaired) electrons. The number of nitrogens with zero attached hydrogens (tertiary/aromatic N) is 3. The van der Waals surface area contributed by atoms with E-state index in [9.17, 15) is 14.4 Å². The summed E-state index contributed by atoms with van der Waals surface area (Å²) in [4.78, 5) is 47.7. The molecule has 1 aromatic heterocycles. The summed E-state index contributed by atoms with van der Waals surface area (Å²) in [7, 11) is 1.89. The van der Waals surface area contributed by atoms with Gasteiger partial charge in [0.25, 0.3) is 0 Å². The van der Waals surface area contributed by atoms with Crippen LogP contribution in [0.3, 0.4) is 0 Å². The largest absolute Gasteiger partial charge is 0.492 e. The van der Waals surface area contributed by atoms with Gasteiger partial charge in [-0.2, -0.15) is 0 Å². The second kappa shape index (κ2) is 12.7. The van der Waals surface area contributed by atoms with Crippen LogP contribution in [0.2, 0.25) is 0 Å². The SMILES string of the molecule is CCCCCN(C)C(C)(C)C(=O)O/N=C1\CCOc2c(ccc3c2c2cc(C(=O)c4ccccc4C)ccc2n3CC)C1=O. The van der Waals surface area contributed by atoms with Gasteiger partial charge in [-0.15, -0.1) is 0 Å². The molecule has 4 aromatic rings. The minimum Gasteiger partial charge on any atom is -0.492 e. The molecule has 0 amide bonds. The number of hydrogen-bond donors (Lipinski definition) is 0. The molecule has 0 saturated heterocycles. The highest BCUT2D eigenvalue weighted by molar-refractivity contribution is 6.47. The average molecular weight is 596 g/mol. The van der Waals surface area contributed by atoms with E-state index in [1.807, 2.05) is 67.4 Å². The quantitative estimate of drug-likeness (QED) is 0.0839. The van der Waals surface area contributed by atoms with Gasteiger partial charge in [0.05, 0.1) is 23.1 Å². The Morgan fingerprint density at radius 2 is 1.80 bits per heavy atom. The number of carbonyl (C=O) groups excluding carboxylic acids is 3. The average Bonchev–Trinajstić information content (AvgIpc) is 3.25. The van der Waals surface area contributed by atoms with E-state index in [4.69, 9.17) is 9.57 Å². The zero-order valence-corrected chi connectivity index (χ0v) is 26.5. The first-order chi connectivity index (χ1) is 21.1. The molecule has 0 unspecified atom stereocenters. The minimum atomic E-state index is -0.901. The molecule has 0 aliphatic carbocycles. The van der Waals surface area contributed by atoms with Crippen molar-refractivity contribution in [3.8, 4) is 5.75 Å². The lowest BCUT2D eigenvalue weighted by atomic mass is 9.97. The van der Waals surface area contributed by atoms with E-state index < -0.39 is 11.5 Å². The van der Waals surface area contributed by atoms with Crippen molar-refractivity contribution in [1.82, 2.24) is 9.47 Å². The summed E-state index contributed by atoms with van der Waals surface area (Å²) >= 11 is 0. The van der Waals surface area contributed by atoms with Crippen LogP contribution in [0.15, 0.2) is 59.8 Å². The van der Waals surface area contributed by atoms with Crippen LogP contribution in [0, 0.1) is 6.92 Å². The summed E-state index contributed by atoms with van der Waals surface area (Å²) in [5.41, 5.74) is 3.58. The predicted octanol–water partition coefficient (Wildman–Crippen LogP) is 7.12. The number of oxime groups is 1. The molecule has 0 atom stereocenters. The van der Waals surface area contributed by atoms with E-state index in [-0.39, 0.29) is 30.3 Å². The van der Waals surface area contributed by atoms with Crippen LogP contribution in [0.25, 0.3) is 21.8 Å². The molecule has 0 N–H and O–H groups in total. The fourth-order valence-electron chi connectivity index (χ4n) is 5.80. The maximum Gasteiger partial charge on any atom is 0.354 e. The Bertz CT molecular complexity index is 1780. The zero-order chi connectivity index (χ0) is 31.6. The molecule has 8 nitrogen and oxygen atoms in total. The molecule has 0 spiro atoms. The number of aromatic nitrogens is 1. The Hall–Kier alpha value is -4.30. The molecule has 1 aliphatic heterocycles.